The minimum Gasteiger partial charge on any atom is -0.496 e. The first-order chi connectivity index (χ1) is 16.3. The molecule has 2 aromatic rings. The highest BCUT2D eigenvalue weighted by molar-refractivity contribution is 6.31. The number of anilines is 1. The number of imide groups is 1. The fourth-order valence-corrected chi connectivity index (χ4v) is 5.90. The van der Waals surface area contributed by atoms with Crippen molar-refractivity contribution in [1.29, 1.82) is 0 Å². The van der Waals surface area contributed by atoms with Crippen LogP contribution in [0.25, 0.3) is 0 Å². The van der Waals surface area contributed by atoms with E-state index in [-0.39, 0.29) is 31.2 Å². The minimum atomic E-state index is -1.35. The van der Waals surface area contributed by atoms with Gasteiger partial charge in [0.2, 0.25) is 23.3 Å². The Morgan fingerprint density at radius 2 is 1.97 bits per heavy atom. The molecule has 0 aromatic heterocycles. The largest absolute Gasteiger partial charge is 0.496 e. The van der Waals surface area contributed by atoms with E-state index >= 15 is 0 Å². The van der Waals surface area contributed by atoms with E-state index in [0.717, 1.165) is 0 Å². The van der Waals surface area contributed by atoms with Crippen LogP contribution >= 0.6 is 11.6 Å². The number of hydrogen-bond acceptors (Lipinski definition) is 5. The van der Waals surface area contributed by atoms with E-state index in [0.29, 0.717) is 27.6 Å². The zero-order valence-electron chi connectivity index (χ0n) is 18.4. The fraction of sp³-hybridized carbons (Fsp3) is 0.333. The van der Waals surface area contributed by atoms with Gasteiger partial charge in [0.25, 0.3) is 5.91 Å². The highest BCUT2D eigenvalue weighted by atomic mass is 35.5. The number of fused-ring (bicyclic) bond motifs is 4. The highest BCUT2D eigenvalue weighted by Gasteiger charge is 2.74. The normalized spacial score (nSPS) is 27.2. The molecule has 0 radical (unpaired) electrons. The number of quaternary nitrogens is 1. The Morgan fingerprint density at radius 1 is 1.21 bits per heavy atom. The summed E-state index contributed by atoms with van der Waals surface area (Å²) in [6.07, 6.45) is 0.307. The van der Waals surface area contributed by atoms with Gasteiger partial charge in [0.05, 0.1) is 19.3 Å². The van der Waals surface area contributed by atoms with Crippen molar-refractivity contribution < 1.29 is 29.2 Å². The van der Waals surface area contributed by atoms with Crippen molar-refractivity contribution in [1.82, 2.24) is 4.90 Å². The van der Waals surface area contributed by atoms with Crippen LogP contribution in [0.2, 0.25) is 5.02 Å². The van der Waals surface area contributed by atoms with E-state index in [9.17, 15) is 19.2 Å². The number of nitrogens with zero attached hydrogens (tertiary/aromatic N) is 1. The van der Waals surface area contributed by atoms with Gasteiger partial charge in [-0.25, -0.2) is 0 Å². The monoisotopic (exact) mass is 483 g/mol. The lowest BCUT2D eigenvalue weighted by molar-refractivity contribution is -0.734. The molecule has 4 amide bonds. The summed E-state index contributed by atoms with van der Waals surface area (Å²) in [5.74, 6) is -2.84. The molecule has 1 spiro atoms. The molecule has 0 unspecified atom stereocenters. The molecule has 4 atom stereocenters. The number of carbonyl (C=O) groups is 4. The van der Waals surface area contributed by atoms with Crippen molar-refractivity contribution in [2.24, 2.45) is 17.6 Å². The number of nitrogens with two attached hydrogens (primary N) is 2. The second kappa shape index (κ2) is 8.11. The maximum absolute atomic E-state index is 13.8. The molecule has 176 valence electrons. The number of nitrogens with one attached hydrogen (secondary N) is 1. The summed E-state index contributed by atoms with van der Waals surface area (Å²) in [4.78, 5) is 53.6. The fourth-order valence-electron chi connectivity index (χ4n) is 5.73. The molecular formula is C24H24ClN4O5+. The Labute approximate surface area is 200 Å². The second-order valence-corrected chi connectivity index (χ2v) is 9.36. The third kappa shape index (κ3) is 3.19. The van der Waals surface area contributed by atoms with Crippen molar-refractivity contribution >= 4 is 40.9 Å². The van der Waals surface area contributed by atoms with Gasteiger partial charge in [-0.1, -0.05) is 29.8 Å². The number of halogens is 1. The van der Waals surface area contributed by atoms with Crippen LogP contribution in [0.4, 0.5) is 5.69 Å². The smallest absolute Gasteiger partial charge is 0.291 e. The molecule has 9 nitrogen and oxygen atoms in total. The van der Waals surface area contributed by atoms with Crippen molar-refractivity contribution in [3.63, 3.8) is 0 Å². The van der Waals surface area contributed by atoms with Gasteiger partial charge in [0, 0.05) is 29.0 Å². The number of amides is 4. The number of carbonyl (C=O) groups excluding carboxylic acids is 4. The summed E-state index contributed by atoms with van der Waals surface area (Å²) in [5.41, 5.74) is 5.83. The molecule has 3 heterocycles. The lowest BCUT2D eigenvalue weighted by Crippen LogP contribution is -2.99. The van der Waals surface area contributed by atoms with Crippen molar-refractivity contribution in [2.45, 2.75) is 31.0 Å². The zero-order valence-corrected chi connectivity index (χ0v) is 19.2. The summed E-state index contributed by atoms with van der Waals surface area (Å²) in [5, 5.41) is 5.03. The molecule has 0 aliphatic carbocycles. The molecular weight excluding hydrogens is 460 g/mol. The van der Waals surface area contributed by atoms with Crippen LogP contribution in [0.3, 0.4) is 0 Å². The Morgan fingerprint density at radius 3 is 2.71 bits per heavy atom. The third-order valence-corrected chi connectivity index (χ3v) is 7.40. The number of hydrogen-bond donors (Lipinski definition) is 3. The van der Waals surface area contributed by atoms with Gasteiger partial charge in [0.1, 0.15) is 23.6 Å². The van der Waals surface area contributed by atoms with Gasteiger partial charge in [-0.2, -0.15) is 0 Å². The molecule has 0 bridgehead atoms. The van der Waals surface area contributed by atoms with Gasteiger partial charge >= 0.3 is 0 Å². The number of ether oxygens (including phenoxy) is 1. The SMILES string of the molecule is COc1ccccc1CN1C(=O)[C@H]2[C@H](CCC(N)=O)[NH2+][C@]3(C(=O)Nc4ccc(Cl)cc43)[C@H]2C1=O. The minimum absolute atomic E-state index is 0.0251. The predicted octanol–water partition coefficient (Wildman–Crippen LogP) is 0.509. The molecule has 2 fully saturated rings. The molecule has 2 saturated heterocycles. The first-order valence-corrected chi connectivity index (χ1v) is 11.4. The second-order valence-electron chi connectivity index (χ2n) is 8.93. The lowest BCUT2D eigenvalue weighted by Gasteiger charge is -2.26. The molecule has 5 rings (SSSR count). The topological polar surface area (TPSA) is 135 Å². The van der Waals surface area contributed by atoms with Gasteiger partial charge in [-0.3, -0.25) is 24.1 Å². The zero-order chi connectivity index (χ0) is 24.2. The van der Waals surface area contributed by atoms with E-state index in [4.69, 9.17) is 22.1 Å². The first kappa shape index (κ1) is 22.4. The average Bonchev–Trinajstić information content (AvgIpc) is 3.39. The number of likely N-dealkylation sites (tertiary alicyclic amines) is 1. The van der Waals surface area contributed by atoms with Crippen molar-refractivity contribution in [3.05, 3.63) is 58.6 Å². The molecule has 5 N–H and O–H groups in total. The van der Waals surface area contributed by atoms with Gasteiger partial charge in [0.15, 0.2) is 0 Å². The molecule has 3 aliphatic rings. The Bertz CT molecular complexity index is 1230. The van der Waals surface area contributed by atoms with Gasteiger partial charge in [-0.05, 0) is 24.3 Å². The molecule has 10 heteroatoms. The van der Waals surface area contributed by atoms with E-state index in [1.165, 1.54) is 12.0 Å². The van der Waals surface area contributed by atoms with Gasteiger partial charge in [-0.15, -0.1) is 0 Å². The molecule has 2 aromatic carbocycles. The number of primary amides is 1. The van der Waals surface area contributed by atoms with Crippen LogP contribution in [0.5, 0.6) is 5.75 Å². The summed E-state index contributed by atoms with van der Waals surface area (Å²) in [6.45, 7) is 0.0251. The molecule has 0 saturated carbocycles. The number of para-hydroxylation sites is 1. The van der Waals surface area contributed by atoms with Crippen molar-refractivity contribution in [2.75, 3.05) is 12.4 Å². The van der Waals surface area contributed by atoms with E-state index < -0.39 is 35.2 Å². The van der Waals surface area contributed by atoms with E-state index in [1.807, 2.05) is 0 Å². The summed E-state index contributed by atoms with van der Waals surface area (Å²) < 4.78 is 5.39. The van der Waals surface area contributed by atoms with Crippen LogP contribution < -0.4 is 21.1 Å². The molecule has 34 heavy (non-hydrogen) atoms. The van der Waals surface area contributed by atoms with E-state index in [2.05, 4.69) is 5.32 Å². The van der Waals surface area contributed by atoms with Crippen LogP contribution in [-0.2, 0) is 31.3 Å². The van der Waals surface area contributed by atoms with Crippen LogP contribution in [-0.4, -0.2) is 41.7 Å². The average molecular weight is 484 g/mol. The number of benzene rings is 2. The highest BCUT2D eigenvalue weighted by Crippen LogP contribution is 2.50. The molecule has 3 aliphatic heterocycles. The predicted molar refractivity (Wildman–Crippen MR) is 121 cm³/mol. The lowest BCUT2D eigenvalue weighted by atomic mass is 9.76. The first-order valence-electron chi connectivity index (χ1n) is 11.0. The summed E-state index contributed by atoms with van der Waals surface area (Å²) in [7, 11) is 1.52. The third-order valence-electron chi connectivity index (χ3n) is 7.17. The Kier molecular flexibility index (Phi) is 5.33. The number of rotatable bonds is 6. The number of methoxy groups -OCH3 is 1. The van der Waals surface area contributed by atoms with Crippen LogP contribution in [0.1, 0.15) is 24.0 Å². The summed E-state index contributed by atoms with van der Waals surface area (Å²) >= 11 is 6.26. The van der Waals surface area contributed by atoms with Gasteiger partial charge < -0.3 is 21.1 Å². The van der Waals surface area contributed by atoms with E-state index in [1.54, 1.807) is 47.8 Å². The van der Waals surface area contributed by atoms with Crippen molar-refractivity contribution in [3.8, 4) is 5.75 Å². The summed E-state index contributed by atoms with van der Waals surface area (Å²) in [6, 6.07) is 11.7. The van der Waals surface area contributed by atoms with Crippen LogP contribution in [0.15, 0.2) is 42.5 Å². The van der Waals surface area contributed by atoms with Crippen LogP contribution in [0, 0.1) is 11.8 Å². The maximum atomic E-state index is 13.8. The Hall–Kier alpha value is -3.43. The quantitative estimate of drug-likeness (QED) is 0.514. The maximum Gasteiger partial charge on any atom is 0.291 e. The standard InChI is InChI=1S/C24H23ClN4O5/c1-34-17-5-3-2-4-12(17)11-29-21(31)19-16(8-9-18(26)30)28-24(20(19)22(29)32)14-10-13(25)6-7-15(14)27-23(24)33/h2-7,10,16,19-20,28H,8-9,11H2,1H3,(H2,26,30)(H,27,33)/p+1/t16-,19-,20+,24-/m0/s1. The Balaban J connectivity index is 1.59.